The summed E-state index contributed by atoms with van der Waals surface area (Å²) >= 11 is 1.68. The van der Waals surface area contributed by atoms with Crippen molar-refractivity contribution < 1.29 is 10.2 Å². The van der Waals surface area contributed by atoms with Gasteiger partial charge in [0, 0.05) is 40.3 Å². The second kappa shape index (κ2) is 8.87. The lowest BCUT2D eigenvalue weighted by molar-refractivity contribution is 0.443. The number of nitrogen functional groups attached to an aromatic ring is 1. The summed E-state index contributed by atoms with van der Waals surface area (Å²) in [4.78, 5) is 5.31. The number of aromatic hydroxyl groups is 2. The number of H-pyrrole nitrogens is 1. The number of hydrogen-bond acceptors (Lipinski definition) is 7. The monoisotopic (exact) mass is 473 g/mol. The van der Waals surface area contributed by atoms with Gasteiger partial charge >= 0.3 is 0 Å². The molecule has 0 radical (unpaired) electrons. The molecule has 4 aromatic rings. The molecule has 0 spiro atoms. The van der Waals surface area contributed by atoms with E-state index in [1.165, 1.54) is 6.07 Å². The quantitative estimate of drug-likeness (QED) is 0.244. The highest BCUT2D eigenvalue weighted by molar-refractivity contribution is 7.99. The smallest absolute Gasteiger partial charge is 0.169 e. The number of hydrazone groups is 1. The number of phenolic OH excluding ortho intramolecular Hbond substituents is 2. The Morgan fingerprint density at radius 1 is 1.06 bits per heavy atom. The number of anilines is 2. The summed E-state index contributed by atoms with van der Waals surface area (Å²) < 4.78 is 0. The fourth-order valence-electron chi connectivity index (χ4n) is 4.18. The predicted molar refractivity (Wildman–Crippen MR) is 140 cm³/mol. The van der Waals surface area contributed by atoms with E-state index in [0.717, 1.165) is 39.2 Å². The van der Waals surface area contributed by atoms with Gasteiger partial charge in [0.1, 0.15) is 11.5 Å². The van der Waals surface area contributed by atoms with Crippen molar-refractivity contribution in [3.8, 4) is 11.5 Å². The highest BCUT2D eigenvalue weighted by Gasteiger charge is 2.32. The minimum atomic E-state index is -0.205. The number of aromatic nitrogens is 1. The standard InChI is InChI=1S/C26H27N5O2S/c1-15(2)20-12-21(24(33)13-23(20)32)25-29-30-26(34-14-16-4-3-5-18(27)10-16)31(25)19-6-7-22-17(11-19)8-9-28-22/h3-13,15,26,28,30,32-33H,14,27H2,1-2H3. The first-order valence-corrected chi connectivity index (χ1v) is 12.2. The molecule has 1 atom stereocenters. The van der Waals surface area contributed by atoms with E-state index >= 15 is 0 Å². The van der Waals surface area contributed by atoms with Crippen LogP contribution in [-0.2, 0) is 5.75 Å². The van der Waals surface area contributed by atoms with E-state index in [2.05, 4.69) is 32.5 Å². The van der Waals surface area contributed by atoms with E-state index in [4.69, 9.17) is 5.73 Å². The summed E-state index contributed by atoms with van der Waals surface area (Å²) in [7, 11) is 0. The molecule has 0 fully saturated rings. The van der Waals surface area contributed by atoms with Gasteiger partial charge in [-0.15, -0.1) is 11.8 Å². The fraction of sp³-hybridized carbons (Fsp3) is 0.192. The van der Waals surface area contributed by atoms with Crippen LogP contribution in [0.3, 0.4) is 0 Å². The normalized spacial score (nSPS) is 15.7. The van der Waals surface area contributed by atoms with Crippen molar-refractivity contribution in [1.29, 1.82) is 0 Å². The van der Waals surface area contributed by atoms with Crippen LogP contribution in [0.25, 0.3) is 10.9 Å². The summed E-state index contributed by atoms with van der Waals surface area (Å²) in [5.74, 6) is 1.48. The van der Waals surface area contributed by atoms with Crippen LogP contribution in [0.4, 0.5) is 11.4 Å². The molecule has 1 aromatic heterocycles. The van der Waals surface area contributed by atoms with Gasteiger partial charge in [-0.1, -0.05) is 26.0 Å². The zero-order valence-electron chi connectivity index (χ0n) is 19.0. The number of nitrogens with two attached hydrogens (primary N) is 1. The molecule has 34 heavy (non-hydrogen) atoms. The molecule has 0 bridgehead atoms. The van der Waals surface area contributed by atoms with Crippen LogP contribution in [0.15, 0.2) is 72.0 Å². The Morgan fingerprint density at radius 3 is 2.71 bits per heavy atom. The van der Waals surface area contributed by atoms with Gasteiger partial charge in [0.05, 0.1) is 5.56 Å². The van der Waals surface area contributed by atoms with Crippen molar-refractivity contribution in [2.45, 2.75) is 31.0 Å². The minimum Gasteiger partial charge on any atom is -0.508 e. The minimum absolute atomic E-state index is 0.0170. The second-order valence-electron chi connectivity index (χ2n) is 8.68. The molecular formula is C26H27N5O2S. The second-order valence-corrected chi connectivity index (χ2v) is 9.74. The molecule has 2 heterocycles. The summed E-state index contributed by atoms with van der Waals surface area (Å²) in [6, 6.07) is 19.3. The Labute approximate surface area is 202 Å². The Balaban J connectivity index is 1.53. The maximum absolute atomic E-state index is 10.8. The maximum atomic E-state index is 10.8. The molecule has 3 aromatic carbocycles. The zero-order chi connectivity index (χ0) is 23.8. The van der Waals surface area contributed by atoms with E-state index in [-0.39, 0.29) is 22.9 Å². The molecular weight excluding hydrogens is 446 g/mol. The summed E-state index contributed by atoms with van der Waals surface area (Å²) in [6.45, 7) is 4.01. The summed E-state index contributed by atoms with van der Waals surface area (Å²) in [5.41, 5.74) is 14.2. The third kappa shape index (κ3) is 4.12. The average molecular weight is 474 g/mol. The van der Waals surface area contributed by atoms with Gasteiger partial charge in [-0.3, -0.25) is 10.3 Å². The number of amidine groups is 1. The molecule has 1 unspecified atom stereocenters. The lowest BCUT2D eigenvalue weighted by atomic mass is 9.98. The molecule has 7 nitrogen and oxygen atoms in total. The van der Waals surface area contributed by atoms with Crippen LogP contribution in [0.5, 0.6) is 11.5 Å². The van der Waals surface area contributed by atoms with E-state index in [0.29, 0.717) is 11.4 Å². The molecule has 0 saturated carbocycles. The predicted octanol–water partition coefficient (Wildman–Crippen LogP) is 5.27. The number of nitrogens with zero attached hydrogens (tertiary/aromatic N) is 2. The summed E-state index contributed by atoms with van der Waals surface area (Å²) in [6.07, 6.45) is 1.92. The first-order valence-electron chi connectivity index (χ1n) is 11.1. The van der Waals surface area contributed by atoms with Crippen LogP contribution in [0.1, 0.15) is 36.5 Å². The van der Waals surface area contributed by atoms with Crippen LogP contribution < -0.4 is 16.1 Å². The maximum Gasteiger partial charge on any atom is 0.169 e. The van der Waals surface area contributed by atoms with Crippen LogP contribution in [-0.4, -0.2) is 26.5 Å². The molecule has 0 amide bonds. The lowest BCUT2D eigenvalue weighted by Crippen LogP contribution is -2.38. The molecule has 0 aliphatic carbocycles. The molecule has 0 saturated heterocycles. The first-order chi connectivity index (χ1) is 16.4. The van der Waals surface area contributed by atoms with Crippen LogP contribution >= 0.6 is 11.8 Å². The number of hydrogen-bond donors (Lipinski definition) is 5. The highest BCUT2D eigenvalue weighted by atomic mass is 32.2. The highest BCUT2D eigenvalue weighted by Crippen LogP contribution is 2.37. The van der Waals surface area contributed by atoms with Crippen molar-refractivity contribution in [2.75, 3.05) is 10.6 Å². The number of nitrogens with one attached hydrogen (secondary N) is 2. The molecule has 6 N–H and O–H groups in total. The van der Waals surface area contributed by atoms with E-state index in [1.807, 2.05) is 62.5 Å². The molecule has 8 heteroatoms. The van der Waals surface area contributed by atoms with Gasteiger partial charge in [0.2, 0.25) is 0 Å². The number of phenols is 2. The Bertz CT molecular complexity index is 1380. The number of thioether (sulfide) groups is 1. The van der Waals surface area contributed by atoms with Gasteiger partial charge < -0.3 is 20.9 Å². The van der Waals surface area contributed by atoms with Crippen molar-refractivity contribution in [1.82, 2.24) is 10.4 Å². The van der Waals surface area contributed by atoms with Gasteiger partial charge in [-0.2, -0.15) is 5.10 Å². The fourth-order valence-corrected chi connectivity index (χ4v) is 5.21. The Kier molecular flexibility index (Phi) is 5.75. The Hall–Kier alpha value is -3.78. The van der Waals surface area contributed by atoms with Crippen LogP contribution in [0, 0.1) is 0 Å². The Morgan fingerprint density at radius 2 is 1.91 bits per heavy atom. The van der Waals surface area contributed by atoms with Gasteiger partial charge in [0.25, 0.3) is 0 Å². The largest absolute Gasteiger partial charge is 0.508 e. The van der Waals surface area contributed by atoms with Gasteiger partial charge in [-0.25, -0.2) is 0 Å². The molecule has 1 aliphatic heterocycles. The van der Waals surface area contributed by atoms with Gasteiger partial charge in [0.15, 0.2) is 11.3 Å². The van der Waals surface area contributed by atoms with Crippen molar-refractivity contribution in [2.24, 2.45) is 5.10 Å². The molecule has 1 aliphatic rings. The first kappa shape index (κ1) is 22.0. The average Bonchev–Trinajstić information content (AvgIpc) is 3.44. The van der Waals surface area contributed by atoms with E-state index in [9.17, 15) is 10.2 Å². The number of fused-ring (bicyclic) bond motifs is 1. The zero-order valence-corrected chi connectivity index (χ0v) is 19.8. The molecule has 5 rings (SSSR count). The molecule has 174 valence electrons. The van der Waals surface area contributed by atoms with Crippen molar-refractivity contribution in [3.05, 3.63) is 83.6 Å². The third-order valence-corrected chi connectivity index (χ3v) is 7.06. The van der Waals surface area contributed by atoms with E-state index < -0.39 is 0 Å². The SMILES string of the molecule is CC(C)c1cc(C2=NNC(SCc3cccc(N)c3)N2c2ccc3[nH]ccc3c2)c(O)cc1O. The topological polar surface area (TPSA) is 110 Å². The van der Waals surface area contributed by atoms with E-state index in [1.54, 1.807) is 11.8 Å². The third-order valence-electron chi connectivity index (χ3n) is 5.93. The number of benzene rings is 3. The van der Waals surface area contributed by atoms with Crippen molar-refractivity contribution in [3.63, 3.8) is 0 Å². The van der Waals surface area contributed by atoms with Crippen molar-refractivity contribution >= 4 is 39.9 Å². The van der Waals surface area contributed by atoms with Gasteiger partial charge in [-0.05, 0) is 59.5 Å². The number of aromatic amines is 1. The lowest BCUT2D eigenvalue weighted by Gasteiger charge is -2.27. The van der Waals surface area contributed by atoms with Crippen LogP contribution in [0.2, 0.25) is 0 Å². The summed E-state index contributed by atoms with van der Waals surface area (Å²) in [5, 5.41) is 26.8. The number of rotatable bonds is 6.